The van der Waals surface area contributed by atoms with Crippen molar-refractivity contribution in [2.75, 3.05) is 7.11 Å². The number of hydrogen-bond donors (Lipinski definition) is 1. The number of amides is 1. The first-order valence-electron chi connectivity index (χ1n) is 9.49. The first-order chi connectivity index (χ1) is 13.9. The monoisotopic (exact) mass is 394 g/mol. The summed E-state index contributed by atoms with van der Waals surface area (Å²) < 4.78 is 16.4. The molecule has 0 radical (unpaired) electrons. The molecule has 1 N–H and O–H groups in total. The summed E-state index contributed by atoms with van der Waals surface area (Å²) in [4.78, 5) is 12.9. The Morgan fingerprint density at radius 1 is 1.14 bits per heavy atom. The summed E-state index contributed by atoms with van der Waals surface area (Å²) in [5, 5.41) is 6.96. The number of aryl methyl sites for hydroxylation is 3. The van der Waals surface area contributed by atoms with Crippen LogP contribution in [0.1, 0.15) is 51.5 Å². The van der Waals surface area contributed by atoms with E-state index >= 15 is 0 Å². The van der Waals surface area contributed by atoms with Crippen LogP contribution in [-0.4, -0.2) is 18.2 Å². The van der Waals surface area contributed by atoms with Crippen LogP contribution in [0.5, 0.6) is 11.5 Å². The predicted octanol–water partition coefficient (Wildman–Crippen LogP) is 4.68. The molecule has 1 aromatic heterocycles. The third-order valence-corrected chi connectivity index (χ3v) is 4.88. The second-order valence-electron chi connectivity index (χ2n) is 7.06. The lowest BCUT2D eigenvalue weighted by Gasteiger charge is -2.17. The highest BCUT2D eigenvalue weighted by atomic mass is 16.5. The molecule has 0 aliphatic carbocycles. The summed E-state index contributed by atoms with van der Waals surface area (Å²) in [6.45, 7) is 7.95. The molecule has 3 aromatic rings. The van der Waals surface area contributed by atoms with Crippen molar-refractivity contribution in [1.29, 1.82) is 0 Å². The van der Waals surface area contributed by atoms with Crippen molar-refractivity contribution in [2.24, 2.45) is 0 Å². The highest BCUT2D eigenvalue weighted by Gasteiger charge is 2.23. The number of para-hydroxylation sites is 2. The van der Waals surface area contributed by atoms with E-state index in [1.165, 1.54) is 5.56 Å². The fourth-order valence-electron chi connectivity index (χ4n) is 3.28. The Morgan fingerprint density at radius 3 is 2.55 bits per heavy atom. The van der Waals surface area contributed by atoms with Crippen molar-refractivity contribution in [2.45, 2.75) is 40.3 Å². The average Bonchev–Trinajstić information content (AvgIpc) is 3.07. The lowest BCUT2D eigenvalue weighted by Crippen LogP contribution is -2.28. The van der Waals surface area contributed by atoms with Gasteiger partial charge in [-0.2, -0.15) is 0 Å². The normalized spacial score (nSPS) is 11.8. The zero-order valence-corrected chi connectivity index (χ0v) is 17.4. The fourth-order valence-corrected chi connectivity index (χ4v) is 3.28. The van der Waals surface area contributed by atoms with E-state index in [9.17, 15) is 4.79 Å². The Labute approximate surface area is 170 Å². The Hall–Kier alpha value is -3.28. The molecule has 1 atom stereocenters. The number of nitrogens with one attached hydrogen (secondary N) is 1. The van der Waals surface area contributed by atoms with Gasteiger partial charge in [0.1, 0.15) is 12.4 Å². The van der Waals surface area contributed by atoms with Crippen molar-refractivity contribution in [1.82, 2.24) is 10.5 Å². The van der Waals surface area contributed by atoms with Crippen molar-refractivity contribution in [3.8, 4) is 11.5 Å². The zero-order chi connectivity index (χ0) is 21.0. The van der Waals surface area contributed by atoms with Gasteiger partial charge in [0.05, 0.1) is 18.7 Å². The van der Waals surface area contributed by atoms with Gasteiger partial charge in [0.25, 0.3) is 5.91 Å². The van der Waals surface area contributed by atoms with Crippen LogP contribution in [0.25, 0.3) is 0 Å². The van der Waals surface area contributed by atoms with E-state index in [1.807, 2.05) is 57.2 Å². The number of benzene rings is 2. The lowest BCUT2D eigenvalue weighted by atomic mass is 10.00. The van der Waals surface area contributed by atoms with E-state index in [-0.39, 0.29) is 24.2 Å². The minimum Gasteiger partial charge on any atom is -0.493 e. The summed E-state index contributed by atoms with van der Waals surface area (Å²) in [5.74, 6) is 1.46. The maximum Gasteiger partial charge on any atom is 0.274 e. The van der Waals surface area contributed by atoms with E-state index in [4.69, 9.17) is 14.0 Å². The summed E-state index contributed by atoms with van der Waals surface area (Å²) in [6, 6.07) is 13.4. The Kier molecular flexibility index (Phi) is 6.22. The van der Waals surface area contributed by atoms with E-state index in [1.54, 1.807) is 14.0 Å². The average molecular weight is 394 g/mol. The molecule has 2 aromatic carbocycles. The Balaban J connectivity index is 1.75. The van der Waals surface area contributed by atoms with E-state index in [2.05, 4.69) is 16.5 Å². The summed E-state index contributed by atoms with van der Waals surface area (Å²) in [5.41, 5.74) is 4.23. The molecule has 152 valence electrons. The summed E-state index contributed by atoms with van der Waals surface area (Å²) in [6.07, 6.45) is 0. The van der Waals surface area contributed by atoms with Crippen molar-refractivity contribution in [3.63, 3.8) is 0 Å². The van der Waals surface area contributed by atoms with Gasteiger partial charge >= 0.3 is 0 Å². The number of carbonyl (C=O) groups is 1. The van der Waals surface area contributed by atoms with Gasteiger partial charge in [0.2, 0.25) is 0 Å². The number of rotatable bonds is 7. The van der Waals surface area contributed by atoms with Crippen LogP contribution in [0.4, 0.5) is 0 Å². The molecule has 0 bridgehead atoms. The molecule has 6 heteroatoms. The predicted molar refractivity (Wildman–Crippen MR) is 110 cm³/mol. The van der Waals surface area contributed by atoms with Crippen molar-refractivity contribution < 1.29 is 18.8 Å². The maximum atomic E-state index is 12.9. The molecule has 1 amide bonds. The Bertz CT molecular complexity index is 1010. The fraction of sp³-hybridized carbons (Fsp3) is 0.304. The highest BCUT2D eigenvalue weighted by Crippen LogP contribution is 2.28. The molecule has 29 heavy (non-hydrogen) atoms. The second kappa shape index (κ2) is 8.82. The van der Waals surface area contributed by atoms with Gasteiger partial charge in [0.15, 0.2) is 17.2 Å². The van der Waals surface area contributed by atoms with Crippen LogP contribution in [0, 0.1) is 20.8 Å². The third-order valence-electron chi connectivity index (χ3n) is 4.88. The molecule has 0 saturated heterocycles. The largest absolute Gasteiger partial charge is 0.493 e. The smallest absolute Gasteiger partial charge is 0.274 e. The second-order valence-corrected chi connectivity index (χ2v) is 7.06. The number of aromatic nitrogens is 1. The molecule has 0 aliphatic rings. The third kappa shape index (κ3) is 4.59. The summed E-state index contributed by atoms with van der Waals surface area (Å²) in [7, 11) is 1.58. The van der Waals surface area contributed by atoms with Crippen molar-refractivity contribution in [3.05, 3.63) is 76.2 Å². The topological polar surface area (TPSA) is 73.6 Å². The summed E-state index contributed by atoms with van der Waals surface area (Å²) >= 11 is 0. The van der Waals surface area contributed by atoms with Crippen molar-refractivity contribution >= 4 is 5.91 Å². The highest BCUT2D eigenvalue weighted by molar-refractivity contribution is 5.94. The molecule has 0 aliphatic heterocycles. The molecular weight excluding hydrogens is 368 g/mol. The number of nitrogens with zero attached hydrogens (tertiary/aromatic N) is 1. The quantitative estimate of drug-likeness (QED) is 0.630. The molecule has 0 fully saturated rings. The molecular formula is C23H26N2O4. The number of carbonyl (C=O) groups excluding carboxylic acids is 1. The van der Waals surface area contributed by atoms with E-state index in [0.29, 0.717) is 22.8 Å². The first-order valence-corrected chi connectivity index (χ1v) is 9.49. The number of methoxy groups -OCH3 is 1. The Morgan fingerprint density at radius 2 is 1.86 bits per heavy atom. The van der Waals surface area contributed by atoms with Crippen LogP contribution in [-0.2, 0) is 6.61 Å². The van der Waals surface area contributed by atoms with Crippen LogP contribution >= 0.6 is 0 Å². The first kappa shape index (κ1) is 20.5. The number of ether oxygens (including phenoxy) is 2. The standard InChI is InChI=1S/C23H26N2O4/c1-14-10-11-18(15(2)12-14)16(3)24-23(26)22-19(17(4)29-25-22)13-28-21-9-7-6-8-20(21)27-5/h6-12,16H,13H2,1-5H3,(H,24,26). The SMILES string of the molecule is COc1ccccc1OCc1c(C(=O)NC(C)c2ccc(C)cc2C)noc1C. The van der Waals surface area contributed by atoms with Crippen LogP contribution in [0.15, 0.2) is 47.0 Å². The molecule has 0 spiro atoms. The van der Waals surface area contributed by atoms with Crippen LogP contribution < -0.4 is 14.8 Å². The van der Waals surface area contributed by atoms with Crippen LogP contribution in [0.2, 0.25) is 0 Å². The molecule has 1 heterocycles. The number of hydrogen-bond acceptors (Lipinski definition) is 5. The van der Waals surface area contributed by atoms with Gasteiger partial charge in [-0.1, -0.05) is 41.1 Å². The molecule has 1 unspecified atom stereocenters. The van der Waals surface area contributed by atoms with E-state index in [0.717, 1.165) is 11.1 Å². The molecule has 3 rings (SSSR count). The van der Waals surface area contributed by atoms with Gasteiger partial charge < -0.3 is 19.3 Å². The van der Waals surface area contributed by atoms with Gasteiger partial charge in [-0.25, -0.2) is 0 Å². The minimum atomic E-state index is -0.298. The van der Waals surface area contributed by atoms with Gasteiger partial charge in [-0.15, -0.1) is 0 Å². The van der Waals surface area contributed by atoms with Gasteiger partial charge in [-0.3, -0.25) is 4.79 Å². The molecule has 6 nitrogen and oxygen atoms in total. The van der Waals surface area contributed by atoms with E-state index < -0.39 is 0 Å². The van der Waals surface area contributed by atoms with Gasteiger partial charge in [-0.05, 0) is 51.0 Å². The maximum absolute atomic E-state index is 12.9. The minimum absolute atomic E-state index is 0.149. The lowest BCUT2D eigenvalue weighted by molar-refractivity contribution is 0.0928. The van der Waals surface area contributed by atoms with Crippen LogP contribution in [0.3, 0.4) is 0 Å². The molecule has 0 saturated carbocycles. The zero-order valence-electron chi connectivity index (χ0n) is 17.4. The van der Waals surface area contributed by atoms with Gasteiger partial charge in [0, 0.05) is 0 Å².